The number of anilines is 1. The Bertz CT molecular complexity index is 569. The van der Waals surface area contributed by atoms with Crippen LogP contribution in [0, 0.1) is 0 Å². The minimum absolute atomic E-state index is 0.231. The van der Waals surface area contributed by atoms with E-state index in [1.807, 2.05) is 43.5 Å². The maximum atomic E-state index is 6.04. The molecular formula is C13H14N4. The highest BCUT2D eigenvalue weighted by molar-refractivity contribution is 6.12. The van der Waals surface area contributed by atoms with Crippen LogP contribution in [-0.2, 0) is 0 Å². The molecule has 0 spiro atoms. The van der Waals surface area contributed by atoms with Crippen molar-refractivity contribution in [3.63, 3.8) is 0 Å². The third-order valence-corrected chi connectivity index (χ3v) is 3.10. The Morgan fingerprint density at radius 2 is 2.06 bits per heavy atom. The number of aliphatic imine (C=N–C) groups is 1. The first-order valence-corrected chi connectivity index (χ1v) is 5.53. The predicted octanol–water partition coefficient (Wildman–Crippen LogP) is 1.28. The van der Waals surface area contributed by atoms with Crippen LogP contribution in [0.1, 0.15) is 0 Å². The molecule has 86 valence electrons. The van der Waals surface area contributed by atoms with Crippen molar-refractivity contribution in [2.24, 2.45) is 16.5 Å². The Morgan fingerprint density at radius 3 is 2.88 bits per heavy atom. The Kier molecular flexibility index (Phi) is 2.06. The quantitative estimate of drug-likeness (QED) is 0.700. The van der Waals surface area contributed by atoms with Gasteiger partial charge in [0.15, 0.2) is 0 Å². The van der Waals surface area contributed by atoms with Crippen molar-refractivity contribution >= 4 is 17.1 Å². The molecule has 2 aliphatic rings. The molecule has 0 bridgehead atoms. The van der Waals surface area contributed by atoms with Crippen LogP contribution in [-0.4, -0.2) is 18.8 Å². The van der Waals surface area contributed by atoms with E-state index in [-0.39, 0.29) is 6.04 Å². The molecule has 1 heterocycles. The highest BCUT2D eigenvalue weighted by atomic mass is 15.2. The second-order valence-corrected chi connectivity index (χ2v) is 4.27. The van der Waals surface area contributed by atoms with Gasteiger partial charge in [0, 0.05) is 12.7 Å². The highest BCUT2D eigenvalue weighted by Gasteiger charge is 2.27. The molecule has 0 radical (unpaired) electrons. The molecule has 0 saturated heterocycles. The van der Waals surface area contributed by atoms with E-state index in [2.05, 4.69) is 9.89 Å². The fourth-order valence-electron chi connectivity index (χ4n) is 2.24. The molecule has 0 amide bonds. The summed E-state index contributed by atoms with van der Waals surface area (Å²) in [5.74, 6) is 0. The lowest BCUT2D eigenvalue weighted by Gasteiger charge is -2.33. The topological polar surface area (TPSA) is 67.6 Å². The fourth-order valence-corrected chi connectivity index (χ4v) is 2.24. The normalized spacial score (nSPS) is 22.1. The maximum Gasteiger partial charge on any atom is 0.0871 e. The van der Waals surface area contributed by atoms with Crippen LogP contribution >= 0.6 is 0 Å². The van der Waals surface area contributed by atoms with E-state index < -0.39 is 0 Å². The van der Waals surface area contributed by atoms with Crippen LogP contribution in [0.5, 0.6) is 0 Å². The lowest BCUT2D eigenvalue weighted by atomic mass is 9.98. The summed E-state index contributed by atoms with van der Waals surface area (Å²) in [6.07, 6.45) is 3.74. The van der Waals surface area contributed by atoms with Crippen LogP contribution in [0.2, 0.25) is 0 Å². The summed E-state index contributed by atoms with van der Waals surface area (Å²) in [5.41, 5.74) is 16.5. The van der Waals surface area contributed by atoms with Crippen molar-refractivity contribution < 1.29 is 0 Å². The first-order chi connectivity index (χ1) is 8.16. The number of hydrogen-bond acceptors (Lipinski definition) is 4. The molecule has 1 unspecified atom stereocenters. The first-order valence-electron chi connectivity index (χ1n) is 5.53. The van der Waals surface area contributed by atoms with Gasteiger partial charge in [0.05, 0.1) is 28.8 Å². The van der Waals surface area contributed by atoms with E-state index in [1.54, 1.807) is 0 Å². The van der Waals surface area contributed by atoms with E-state index in [0.717, 1.165) is 22.8 Å². The van der Waals surface area contributed by atoms with Crippen molar-refractivity contribution in [3.8, 4) is 0 Å². The second kappa shape index (κ2) is 3.46. The van der Waals surface area contributed by atoms with E-state index in [9.17, 15) is 0 Å². The van der Waals surface area contributed by atoms with E-state index in [4.69, 9.17) is 11.5 Å². The van der Waals surface area contributed by atoms with Gasteiger partial charge in [-0.15, -0.1) is 0 Å². The van der Waals surface area contributed by atoms with Gasteiger partial charge in [-0.25, -0.2) is 4.99 Å². The van der Waals surface area contributed by atoms with Crippen molar-refractivity contribution in [2.45, 2.75) is 6.04 Å². The Morgan fingerprint density at radius 1 is 1.29 bits per heavy atom. The van der Waals surface area contributed by atoms with E-state index in [0.29, 0.717) is 5.70 Å². The van der Waals surface area contributed by atoms with Gasteiger partial charge in [-0.05, 0) is 24.3 Å². The largest absolute Gasteiger partial charge is 0.399 e. The summed E-state index contributed by atoms with van der Waals surface area (Å²) in [6.45, 7) is 0. The van der Waals surface area contributed by atoms with Gasteiger partial charge in [-0.3, -0.25) is 0 Å². The molecule has 0 fully saturated rings. The lowest BCUT2D eigenvalue weighted by Crippen LogP contribution is -2.40. The van der Waals surface area contributed by atoms with Gasteiger partial charge in [-0.2, -0.15) is 0 Å². The molecular weight excluding hydrogens is 212 g/mol. The fraction of sp³-hybridized carbons (Fsp3) is 0.154. The monoisotopic (exact) mass is 226 g/mol. The number of hydrogen-bond donors (Lipinski definition) is 2. The van der Waals surface area contributed by atoms with Gasteiger partial charge in [0.25, 0.3) is 0 Å². The number of nitrogens with two attached hydrogens (primary N) is 2. The van der Waals surface area contributed by atoms with Crippen LogP contribution < -0.4 is 16.4 Å². The summed E-state index contributed by atoms with van der Waals surface area (Å²) in [4.78, 5) is 6.70. The van der Waals surface area contributed by atoms with E-state index >= 15 is 0 Å². The van der Waals surface area contributed by atoms with Gasteiger partial charge in [0.1, 0.15) is 0 Å². The molecule has 0 saturated carbocycles. The molecule has 1 aromatic rings. The number of benzene rings is 1. The summed E-state index contributed by atoms with van der Waals surface area (Å²) >= 11 is 0. The second-order valence-electron chi connectivity index (χ2n) is 4.27. The molecule has 4 heteroatoms. The Labute approximate surface area is 99.9 Å². The van der Waals surface area contributed by atoms with Crippen molar-refractivity contribution in [1.82, 2.24) is 0 Å². The zero-order valence-corrected chi connectivity index (χ0v) is 9.59. The summed E-state index contributed by atoms with van der Waals surface area (Å²) in [7, 11) is 2.00. The molecule has 4 nitrogen and oxygen atoms in total. The summed E-state index contributed by atoms with van der Waals surface area (Å²) < 4.78 is 0. The molecule has 1 atom stereocenters. The van der Waals surface area contributed by atoms with Gasteiger partial charge in [0.2, 0.25) is 0 Å². The standard InChI is InChI=1S/C13H14N4/c1-17-11-5-3-2-4-10(11)16-13-9(15)6-8(14)7-12(13)17/h2-7,9H,14-15H2,1H3. The zero-order chi connectivity index (χ0) is 12.0. The lowest BCUT2D eigenvalue weighted by molar-refractivity contribution is 0.994. The van der Waals surface area contributed by atoms with Crippen molar-refractivity contribution in [1.29, 1.82) is 0 Å². The molecule has 4 N–H and O–H groups in total. The van der Waals surface area contributed by atoms with Crippen molar-refractivity contribution in [3.05, 3.63) is 47.8 Å². The Hall–Kier alpha value is -2.07. The minimum atomic E-state index is -0.231. The molecule has 17 heavy (non-hydrogen) atoms. The number of allylic oxidation sites excluding steroid dienone is 1. The highest BCUT2D eigenvalue weighted by Crippen LogP contribution is 2.36. The average molecular weight is 226 g/mol. The van der Waals surface area contributed by atoms with Gasteiger partial charge >= 0.3 is 0 Å². The van der Waals surface area contributed by atoms with E-state index in [1.165, 1.54) is 0 Å². The molecule has 1 aliphatic carbocycles. The number of nitrogens with zero attached hydrogens (tertiary/aromatic N) is 2. The van der Waals surface area contributed by atoms with Crippen LogP contribution in [0.25, 0.3) is 0 Å². The molecule has 3 rings (SSSR count). The molecule has 1 aliphatic heterocycles. The van der Waals surface area contributed by atoms with Crippen LogP contribution in [0.3, 0.4) is 0 Å². The maximum absolute atomic E-state index is 6.04. The van der Waals surface area contributed by atoms with Crippen LogP contribution in [0.15, 0.2) is 52.8 Å². The zero-order valence-electron chi connectivity index (χ0n) is 9.59. The van der Waals surface area contributed by atoms with Gasteiger partial charge < -0.3 is 16.4 Å². The summed E-state index contributed by atoms with van der Waals surface area (Å²) in [5, 5.41) is 0. The average Bonchev–Trinajstić information content (AvgIpc) is 2.31. The third-order valence-electron chi connectivity index (χ3n) is 3.10. The SMILES string of the molecule is CN1C2=CC(N)=CC(N)C2=Nc2ccccc21. The number of fused-ring (bicyclic) bond motifs is 2. The van der Waals surface area contributed by atoms with Crippen molar-refractivity contribution in [2.75, 3.05) is 11.9 Å². The predicted molar refractivity (Wildman–Crippen MR) is 70.3 cm³/mol. The smallest absolute Gasteiger partial charge is 0.0871 e. The van der Waals surface area contributed by atoms with Gasteiger partial charge in [-0.1, -0.05) is 12.1 Å². The van der Waals surface area contributed by atoms with Crippen LogP contribution in [0.4, 0.5) is 11.4 Å². The molecule has 0 aromatic heterocycles. The third kappa shape index (κ3) is 1.45. The minimum Gasteiger partial charge on any atom is -0.399 e. The summed E-state index contributed by atoms with van der Waals surface area (Å²) in [6, 6.07) is 7.77. The Balaban J connectivity index is 2.21. The number of para-hydroxylation sites is 2. The first kappa shape index (κ1) is 10.1. The molecule has 1 aromatic carbocycles. The number of rotatable bonds is 0.